The van der Waals surface area contributed by atoms with Gasteiger partial charge in [0, 0.05) is 51.1 Å². The molecule has 0 saturated carbocycles. The molecule has 4 rings (SSSR count). The Morgan fingerprint density at radius 1 is 0.800 bits per heavy atom. The maximum absolute atomic E-state index is 6.30. The van der Waals surface area contributed by atoms with Crippen molar-refractivity contribution in [3.05, 3.63) is 106 Å². The summed E-state index contributed by atoms with van der Waals surface area (Å²) in [6.45, 7) is 15.3. The standard InChI is InChI=1S/C31H35Cl2N2/c1-7-34-26-18-16-22(32)20-24(26)30(3,4)28(34)14-12-10-9-11-13-15-29-31(5,6)25-21-23(33)17-19-27(25)35(29)8-2/h9-21H,7-8H2,1-6H3/q+1. The van der Waals surface area contributed by atoms with E-state index in [1.54, 1.807) is 0 Å². The number of hydrogen-bond acceptors (Lipinski definition) is 1. The second-order valence-corrected chi connectivity index (χ2v) is 11.0. The van der Waals surface area contributed by atoms with Crippen LogP contribution < -0.4 is 4.90 Å². The lowest BCUT2D eigenvalue weighted by Gasteiger charge is -2.25. The van der Waals surface area contributed by atoms with Gasteiger partial charge in [-0.2, -0.15) is 4.58 Å². The van der Waals surface area contributed by atoms with Crippen molar-refractivity contribution in [2.75, 3.05) is 18.0 Å². The van der Waals surface area contributed by atoms with Crippen molar-refractivity contribution in [3.63, 3.8) is 0 Å². The van der Waals surface area contributed by atoms with E-state index in [2.05, 4.69) is 118 Å². The summed E-state index contributed by atoms with van der Waals surface area (Å²) < 4.78 is 2.38. The minimum absolute atomic E-state index is 0.0869. The normalized spacial score (nSPS) is 19.7. The molecule has 182 valence electrons. The number of fused-ring (bicyclic) bond motifs is 2. The molecule has 0 fully saturated rings. The van der Waals surface area contributed by atoms with Gasteiger partial charge in [-0.05, 0) is 69.7 Å². The summed E-state index contributed by atoms with van der Waals surface area (Å²) in [5.41, 5.74) is 7.46. The Morgan fingerprint density at radius 3 is 2.11 bits per heavy atom. The van der Waals surface area contributed by atoms with E-state index in [0.29, 0.717) is 0 Å². The lowest BCUT2D eigenvalue weighted by atomic mass is 9.81. The van der Waals surface area contributed by atoms with E-state index in [1.165, 1.54) is 33.9 Å². The van der Waals surface area contributed by atoms with Crippen LogP contribution >= 0.6 is 23.2 Å². The molecule has 2 heterocycles. The molecule has 35 heavy (non-hydrogen) atoms. The molecule has 2 nitrogen and oxygen atoms in total. The van der Waals surface area contributed by atoms with Crippen LogP contribution in [0.15, 0.2) is 84.6 Å². The Kier molecular flexibility index (Phi) is 7.18. The third-order valence-electron chi connectivity index (χ3n) is 7.29. The van der Waals surface area contributed by atoms with Gasteiger partial charge < -0.3 is 4.90 Å². The second kappa shape index (κ2) is 9.84. The fourth-order valence-electron chi connectivity index (χ4n) is 5.46. The Balaban J connectivity index is 1.51. The average Bonchev–Trinajstić information content (AvgIpc) is 3.16. The Hall–Kier alpha value is -2.55. The second-order valence-electron chi connectivity index (χ2n) is 10.1. The van der Waals surface area contributed by atoms with Crippen LogP contribution in [0, 0.1) is 0 Å². The topological polar surface area (TPSA) is 6.25 Å². The third kappa shape index (κ3) is 4.55. The van der Waals surface area contributed by atoms with Crippen molar-refractivity contribution in [1.29, 1.82) is 0 Å². The quantitative estimate of drug-likeness (QED) is 0.280. The van der Waals surface area contributed by atoms with Crippen molar-refractivity contribution < 1.29 is 4.58 Å². The summed E-state index contributed by atoms with van der Waals surface area (Å²) in [5, 5.41) is 1.58. The van der Waals surface area contributed by atoms with Crippen LogP contribution in [0.25, 0.3) is 0 Å². The zero-order chi connectivity index (χ0) is 25.4. The zero-order valence-electron chi connectivity index (χ0n) is 21.6. The van der Waals surface area contributed by atoms with Crippen LogP contribution in [0.2, 0.25) is 10.0 Å². The number of likely N-dealkylation sites (N-methyl/N-ethyl adjacent to an activating group) is 1. The molecule has 0 bridgehead atoms. The average molecular weight is 507 g/mol. The van der Waals surface area contributed by atoms with Gasteiger partial charge in [0.05, 0.1) is 5.41 Å². The summed E-state index contributed by atoms with van der Waals surface area (Å²) >= 11 is 12.6. The van der Waals surface area contributed by atoms with Gasteiger partial charge in [0.15, 0.2) is 5.71 Å². The van der Waals surface area contributed by atoms with Gasteiger partial charge in [-0.3, -0.25) is 0 Å². The minimum atomic E-state index is -0.0869. The first-order chi connectivity index (χ1) is 16.6. The van der Waals surface area contributed by atoms with Crippen molar-refractivity contribution in [1.82, 2.24) is 0 Å². The molecule has 2 aromatic carbocycles. The predicted molar refractivity (Wildman–Crippen MR) is 153 cm³/mol. The Labute approximate surface area is 220 Å². The predicted octanol–water partition coefficient (Wildman–Crippen LogP) is 8.76. The molecule has 4 heteroatoms. The van der Waals surface area contributed by atoms with Crippen LogP contribution in [0.1, 0.15) is 52.7 Å². The highest BCUT2D eigenvalue weighted by Gasteiger charge is 2.43. The fraction of sp³-hybridized carbons (Fsp3) is 0.323. The lowest BCUT2D eigenvalue weighted by Crippen LogP contribution is -2.27. The minimum Gasteiger partial charge on any atom is -0.344 e. The molecule has 2 aliphatic rings. The summed E-state index contributed by atoms with van der Waals surface area (Å²) in [7, 11) is 0. The van der Waals surface area contributed by atoms with Crippen molar-refractivity contribution in [2.24, 2.45) is 0 Å². The molecule has 0 N–H and O–H groups in total. The number of benzene rings is 2. The van der Waals surface area contributed by atoms with Gasteiger partial charge >= 0.3 is 0 Å². The summed E-state index contributed by atoms with van der Waals surface area (Å²) in [5.74, 6) is 0. The van der Waals surface area contributed by atoms with Crippen molar-refractivity contribution >= 4 is 40.3 Å². The van der Waals surface area contributed by atoms with Gasteiger partial charge in [0.25, 0.3) is 0 Å². The largest absolute Gasteiger partial charge is 0.344 e. The van der Waals surface area contributed by atoms with E-state index in [0.717, 1.165) is 23.1 Å². The lowest BCUT2D eigenvalue weighted by molar-refractivity contribution is -0.433. The van der Waals surface area contributed by atoms with Gasteiger partial charge in [0.1, 0.15) is 6.54 Å². The van der Waals surface area contributed by atoms with E-state index in [-0.39, 0.29) is 10.8 Å². The highest BCUT2D eigenvalue weighted by atomic mass is 35.5. The molecule has 0 radical (unpaired) electrons. The number of hydrogen-bond donors (Lipinski definition) is 0. The SMILES string of the molecule is CCN1/C(=C/C=C/C=C/C=C/C2=[N+](CC)c3ccc(Cl)cc3C2(C)C)C(C)(C)c2cc(Cl)ccc21. The summed E-state index contributed by atoms with van der Waals surface area (Å²) in [6.07, 6.45) is 15.0. The van der Waals surface area contributed by atoms with Crippen LogP contribution in [-0.2, 0) is 10.8 Å². The van der Waals surface area contributed by atoms with Crippen molar-refractivity contribution in [2.45, 2.75) is 52.4 Å². The molecule has 2 aliphatic heterocycles. The first-order valence-electron chi connectivity index (χ1n) is 12.4. The van der Waals surface area contributed by atoms with Gasteiger partial charge in [-0.1, -0.05) is 67.4 Å². The molecule has 0 atom stereocenters. The highest BCUT2D eigenvalue weighted by molar-refractivity contribution is 6.31. The smallest absolute Gasteiger partial charge is 0.209 e. The molecular formula is C31H35Cl2N2+. The van der Waals surface area contributed by atoms with Crippen LogP contribution in [-0.4, -0.2) is 23.4 Å². The van der Waals surface area contributed by atoms with Crippen LogP contribution in [0.4, 0.5) is 11.4 Å². The van der Waals surface area contributed by atoms with Gasteiger partial charge in [0.2, 0.25) is 5.69 Å². The van der Waals surface area contributed by atoms with E-state index in [4.69, 9.17) is 23.2 Å². The molecule has 2 aromatic rings. The molecule has 0 spiro atoms. The molecule has 0 saturated heterocycles. The molecular weight excluding hydrogens is 471 g/mol. The molecule has 0 amide bonds. The summed E-state index contributed by atoms with van der Waals surface area (Å²) in [6, 6.07) is 12.4. The number of anilines is 1. The van der Waals surface area contributed by atoms with Crippen LogP contribution in [0.5, 0.6) is 0 Å². The fourth-order valence-corrected chi connectivity index (χ4v) is 5.81. The number of rotatable bonds is 6. The van der Waals surface area contributed by atoms with Crippen LogP contribution in [0.3, 0.4) is 0 Å². The summed E-state index contributed by atoms with van der Waals surface area (Å²) in [4.78, 5) is 2.38. The molecule has 0 unspecified atom stereocenters. The highest BCUT2D eigenvalue weighted by Crippen LogP contribution is 2.48. The molecule has 0 aromatic heterocycles. The molecule has 0 aliphatic carbocycles. The first-order valence-corrected chi connectivity index (χ1v) is 13.1. The van der Waals surface area contributed by atoms with E-state index in [9.17, 15) is 0 Å². The van der Waals surface area contributed by atoms with Gasteiger partial charge in [-0.25, -0.2) is 0 Å². The maximum Gasteiger partial charge on any atom is 0.209 e. The Bertz CT molecular complexity index is 1290. The maximum atomic E-state index is 6.30. The van der Waals surface area contributed by atoms with E-state index in [1.807, 2.05) is 12.1 Å². The number of allylic oxidation sites excluding steroid dienone is 8. The van der Waals surface area contributed by atoms with E-state index >= 15 is 0 Å². The van der Waals surface area contributed by atoms with Crippen molar-refractivity contribution in [3.8, 4) is 0 Å². The van der Waals surface area contributed by atoms with Gasteiger partial charge in [-0.15, -0.1) is 0 Å². The Morgan fingerprint density at radius 2 is 1.43 bits per heavy atom. The first kappa shape index (κ1) is 25.5. The van der Waals surface area contributed by atoms with E-state index < -0.39 is 0 Å². The number of nitrogens with zero attached hydrogens (tertiary/aromatic N) is 2. The number of halogens is 2. The monoisotopic (exact) mass is 505 g/mol. The third-order valence-corrected chi connectivity index (χ3v) is 7.76. The zero-order valence-corrected chi connectivity index (χ0v) is 23.1.